The first-order valence-electron chi connectivity index (χ1n) is 7.17. The van der Waals surface area contributed by atoms with E-state index in [4.69, 9.17) is 5.11 Å². The minimum Gasteiger partial charge on any atom is -0.478 e. The Bertz CT molecular complexity index is 830. The molecule has 0 unspecified atom stereocenters. The Hall–Kier alpha value is -2.49. The van der Waals surface area contributed by atoms with Gasteiger partial charge in [-0.1, -0.05) is 24.3 Å². The van der Waals surface area contributed by atoms with Gasteiger partial charge >= 0.3 is 12.1 Å². The maximum Gasteiger partial charge on any atom is 0.416 e. The molecule has 0 saturated heterocycles. The average molecular weight is 356 g/mol. The second-order valence-corrected chi connectivity index (χ2v) is 5.25. The number of rotatable bonds is 4. The molecule has 0 heterocycles. The Morgan fingerprint density at radius 2 is 1.62 bits per heavy atom. The molecule has 0 aliphatic rings. The molecule has 2 aromatic carbocycles. The summed E-state index contributed by atoms with van der Waals surface area (Å²) >= 11 is 0. The number of halogens is 3. The van der Waals surface area contributed by atoms with E-state index < -0.39 is 23.6 Å². The Kier molecular flexibility index (Phi) is 7.25. The van der Waals surface area contributed by atoms with E-state index in [1.165, 1.54) is 43.3 Å². The van der Waals surface area contributed by atoms with E-state index in [0.717, 1.165) is 12.1 Å². The van der Waals surface area contributed by atoms with Gasteiger partial charge in [0.25, 0.3) is 5.91 Å². The molecular formula is C18H14F3LiNO3. The van der Waals surface area contributed by atoms with Crippen LogP contribution >= 0.6 is 0 Å². The topological polar surface area (TPSA) is 66.4 Å². The molecule has 0 fully saturated rings. The molecule has 2 N–H and O–H groups in total. The van der Waals surface area contributed by atoms with Crippen LogP contribution in [0, 0.1) is 0 Å². The number of carbonyl (C=O) groups is 2. The number of nitrogens with one attached hydrogen (secondary N) is 1. The number of hydrogen-bond acceptors (Lipinski definition) is 2. The van der Waals surface area contributed by atoms with Gasteiger partial charge in [-0.3, -0.25) is 4.79 Å². The van der Waals surface area contributed by atoms with Crippen LogP contribution in [0.3, 0.4) is 0 Å². The van der Waals surface area contributed by atoms with Gasteiger partial charge < -0.3 is 10.4 Å². The normalized spacial score (nSPS) is 11.5. The van der Waals surface area contributed by atoms with Gasteiger partial charge in [0.05, 0.1) is 16.8 Å². The van der Waals surface area contributed by atoms with Crippen LogP contribution in [-0.4, -0.2) is 35.8 Å². The molecule has 0 aliphatic carbocycles. The molecule has 0 aromatic heterocycles. The van der Waals surface area contributed by atoms with Crippen molar-refractivity contribution < 1.29 is 27.9 Å². The van der Waals surface area contributed by atoms with Crippen molar-refractivity contribution in [3.05, 3.63) is 70.8 Å². The molecule has 4 nitrogen and oxygen atoms in total. The van der Waals surface area contributed by atoms with Crippen molar-refractivity contribution in [1.82, 2.24) is 0 Å². The van der Waals surface area contributed by atoms with Crippen molar-refractivity contribution in [3.63, 3.8) is 0 Å². The largest absolute Gasteiger partial charge is 0.478 e. The number of para-hydroxylation sites is 1. The van der Waals surface area contributed by atoms with Gasteiger partial charge in [0.15, 0.2) is 0 Å². The summed E-state index contributed by atoms with van der Waals surface area (Å²) in [6, 6.07) is 10.3. The summed E-state index contributed by atoms with van der Waals surface area (Å²) in [6.45, 7) is 1.48. The zero-order valence-electron chi connectivity index (χ0n) is 14.1. The fourth-order valence-corrected chi connectivity index (χ4v) is 2.08. The van der Waals surface area contributed by atoms with E-state index in [-0.39, 0.29) is 35.7 Å². The van der Waals surface area contributed by atoms with Crippen molar-refractivity contribution >= 4 is 42.5 Å². The molecule has 1 amide bonds. The number of aromatic carboxylic acids is 1. The third kappa shape index (κ3) is 5.51. The van der Waals surface area contributed by atoms with Crippen molar-refractivity contribution in [1.29, 1.82) is 0 Å². The van der Waals surface area contributed by atoms with Gasteiger partial charge in [0.1, 0.15) is 0 Å². The number of hydrogen-bond donors (Lipinski definition) is 2. The number of carbonyl (C=O) groups excluding carboxylic acids is 1. The van der Waals surface area contributed by atoms with Crippen LogP contribution < -0.4 is 5.32 Å². The first kappa shape index (κ1) is 21.5. The van der Waals surface area contributed by atoms with Crippen LogP contribution in [0.4, 0.5) is 18.9 Å². The summed E-state index contributed by atoms with van der Waals surface area (Å²) in [7, 11) is 0. The first-order valence-corrected chi connectivity index (χ1v) is 7.17. The molecule has 26 heavy (non-hydrogen) atoms. The molecular weight excluding hydrogens is 342 g/mol. The maximum atomic E-state index is 12.5. The molecule has 0 saturated carbocycles. The number of benzene rings is 2. The third-order valence-electron chi connectivity index (χ3n) is 3.39. The predicted molar refractivity (Wildman–Crippen MR) is 92.9 cm³/mol. The van der Waals surface area contributed by atoms with Gasteiger partial charge in [0, 0.05) is 24.4 Å². The fraction of sp³-hybridized carbons (Fsp3) is 0.111. The smallest absolute Gasteiger partial charge is 0.416 e. The van der Waals surface area contributed by atoms with Gasteiger partial charge in [-0.25, -0.2) is 4.79 Å². The monoisotopic (exact) mass is 356 g/mol. The van der Waals surface area contributed by atoms with Crippen LogP contribution in [0.25, 0.3) is 6.08 Å². The third-order valence-corrected chi connectivity index (χ3v) is 3.39. The van der Waals surface area contributed by atoms with E-state index in [0.29, 0.717) is 5.56 Å². The van der Waals surface area contributed by atoms with Crippen LogP contribution in [-0.2, 0) is 11.0 Å². The second kappa shape index (κ2) is 8.74. The van der Waals surface area contributed by atoms with Crippen molar-refractivity contribution in [2.45, 2.75) is 13.1 Å². The van der Waals surface area contributed by atoms with E-state index in [9.17, 15) is 22.8 Å². The molecule has 1 radical (unpaired) electrons. The average Bonchev–Trinajstić information content (AvgIpc) is 2.54. The quantitative estimate of drug-likeness (QED) is 0.641. The van der Waals surface area contributed by atoms with Gasteiger partial charge in [0.2, 0.25) is 0 Å². The van der Waals surface area contributed by atoms with E-state index in [2.05, 4.69) is 5.32 Å². The van der Waals surface area contributed by atoms with Crippen LogP contribution in [0.15, 0.2) is 54.1 Å². The molecule has 8 heteroatoms. The second-order valence-electron chi connectivity index (χ2n) is 5.25. The Labute approximate surface area is 159 Å². The summed E-state index contributed by atoms with van der Waals surface area (Å²) in [5.41, 5.74) is -0.0485. The number of carboxylic acids is 1. The molecule has 0 bridgehead atoms. The summed E-state index contributed by atoms with van der Waals surface area (Å²) in [4.78, 5) is 23.3. The van der Waals surface area contributed by atoms with E-state index in [1.807, 2.05) is 0 Å². The molecule has 2 aromatic rings. The van der Waals surface area contributed by atoms with E-state index in [1.54, 1.807) is 6.07 Å². The van der Waals surface area contributed by atoms with Crippen molar-refractivity contribution in [2.75, 3.05) is 5.32 Å². The Morgan fingerprint density at radius 1 is 1.04 bits per heavy atom. The molecule has 131 valence electrons. The summed E-state index contributed by atoms with van der Waals surface area (Å²) < 4.78 is 37.6. The summed E-state index contributed by atoms with van der Waals surface area (Å²) in [5.74, 6) is -1.73. The maximum absolute atomic E-state index is 12.5. The first-order chi connectivity index (χ1) is 11.7. The number of amides is 1. The summed E-state index contributed by atoms with van der Waals surface area (Å²) in [6.07, 6.45) is -3.01. The van der Waals surface area contributed by atoms with Crippen molar-refractivity contribution in [2.24, 2.45) is 0 Å². The molecule has 0 spiro atoms. The standard InChI is InChI=1S/C18H14F3NO3.Li/c1-11(10-12-6-8-13(9-7-12)18(19,20)21)16(23)22-15-5-3-2-4-14(15)17(24)25;/h2-10H,1H3,(H,22,23)(H,24,25);. The van der Waals surface area contributed by atoms with Crippen LogP contribution in [0.5, 0.6) is 0 Å². The number of anilines is 1. The molecule has 2 rings (SSSR count). The molecule has 0 atom stereocenters. The van der Waals surface area contributed by atoms with Crippen molar-refractivity contribution in [3.8, 4) is 0 Å². The zero-order chi connectivity index (χ0) is 18.6. The summed E-state index contributed by atoms with van der Waals surface area (Å²) in [5, 5.41) is 11.6. The van der Waals surface area contributed by atoms with Crippen LogP contribution in [0.1, 0.15) is 28.4 Å². The number of carboxylic acid groups (broad SMARTS) is 1. The predicted octanol–water partition coefficient (Wildman–Crippen LogP) is 4.06. The molecule has 0 aliphatic heterocycles. The van der Waals surface area contributed by atoms with Gasteiger partial charge in [-0.2, -0.15) is 13.2 Å². The van der Waals surface area contributed by atoms with Crippen LogP contribution in [0.2, 0.25) is 0 Å². The Morgan fingerprint density at radius 3 is 2.15 bits per heavy atom. The van der Waals surface area contributed by atoms with Gasteiger partial charge in [-0.05, 0) is 42.8 Å². The zero-order valence-corrected chi connectivity index (χ0v) is 14.1. The SMILES string of the molecule is CC(=Cc1ccc(C(F)(F)F)cc1)C(=O)Nc1ccccc1C(=O)O.[Li]. The Balaban J connectivity index is 0.00000338. The fourth-order valence-electron chi connectivity index (χ4n) is 2.08. The van der Waals surface area contributed by atoms with E-state index >= 15 is 0 Å². The minimum atomic E-state index is -4.42. The van der Waals surface area contributed by atoms with Gasteiger partial charge in [-0.15, -0.1) is 0 Å². The minimum absolute atomic E-state index is 0. The number of alkyl halides is 3.